The zero-order chi connectivity index (χ0) is 13.5. The molecule has 2 aromatic rings. The largest absolute Gasteiger partial charge is 0.461 e. The molecular weight excluding hydrogens is 236 g/mol. The molecule has 0 unspecified atom stereocenters. The van der Waals surface area contributed by atoms with Crippen molar-refractivity contribution in [3.63, 3.8) is 0 Å². The van der Waals surface area contributed by atoms with Gasteiger partial charge < -0.3 is 4.74 Å². The first-order valence-electron chi connectivity index (χ1n) is 6.49. The highest BCUT2D eigenvalue weighted by atomic mass is 16.5. The molecule has 0 amide bonds. The zero-order valence-electron chi connectivity index (χ0n) is 11.1. The molecular formula is C17H18O2. The second-order valence-corrected chi connectivity index (χ2v) is 4.63. The first-order valence-corrected chi connectivity index (χ1v) is 6.49. The molecule has 2 heteroatoms. The summed E-state index contributed by atoms with van der Waals surface area (Å²) in [5, 5.41) is 0. The number of benzene rings is 2. The average molecular weight is 254 g/mol. The fourth-order valence-electron chi connectivity index (χ4n) is 1.81. The normalized spacial score (nSPS) is 10.2. The van der Waals surface area contributed by atoms with Crippen LogP contribution in [-0.2, 0) is 22.6 Å². The zero-order valence-corrected chi connectivity index (χ0v) is 11.1. The van der Waals surface area contributed by atoms with Crippen molar-refractivity contribution in [3.8, 4) is 0 Å². The third-order valence-corrected chi connectivity index (χ3v) is 2.98. The molecule has 0 aliphatic heterocycles. The summed E-state index contributed by atoms with van der Waals surface area (Å²) in [4.78, 5) is 11.6. The third kappa shape index (κ3) is 4.59. The van der Waals surface area contributed by atoms with E-state index in [9.17, 15) is 4.79 Å². The van der Waals surface area contributed by atoms with Crippen LogP contribution in [0.25, 0.3) is 0 Å². The Kier molecular flexibility index (Phi) is 4.73. The predicted octanol–water partition coefficient (Wildman–Crippen LogP) is 3.67. The Morgan fingerprint density at radius 1 is 0.947 bits per heavy atom. The Morgan fingerprint density at radius 3 is 2.32 bits per heavy atom. The van der Waals surface area contributed by atoms with E-state index in [0.717, 1.165) is 12.0 Å². The second-order valence-electron chi connectivity index (χ2n) is 4.63. The minimum Gasteiger partial charge on any atom is -0.461 e. The molecule has 98 valence electrons. The summed E-state index contributed by atoms with van der Waals surface area (Å²) in [7, 11) is 0. The van der Waals surface area contributed by atoms with Crippen molar-refractivity contribution in [2.24, 2.45) is 0 Å². The van der Waals surface area contributed by atoms with Gasteiger partial charge in [0.05, 0.1) is 0 Å². The van der Waals surface area contributed by atoms with Gasteiger partial charge in [-0.2, -0.15) is 0 Å². The van der Waals surface area contributed by atoms with Gasteiger partial charge in [-0.3, -0.25) is 4.79 Å². The summed E-state index contributed by atoms with van der Waals surface area (Å²) in [6, 6.07) is 18.0. The number of rotatable bonds is 5. The SMILES string of the molecule is Cc1ccc(CCC(=O)OCc2ccccc2)cc1. The minimum atomic E-state index is -0.149. The second kappa shape index (κ2) is 6.74. The molecule has 0 saturated heterocycles. The quantitative estimate of drug-likeness (QED) is 0.761. The first kappa shape index (κ1) is 13.3. The lowest BCUT2D eigenvalue weighted by Crippen LogP contribution is -2.05. The molecule has 0 fully saturated rings. The van der Waals surface area contributed by atoms with Gasteiger partial charge in [0.15, 0.2) is 0 Å². The highest BCUT2D eigenvalue weighted by molar-refractivity contribution is 5.69. The summed E-state index contributed by atoms with van der Waals surface area (Å²) in [5.41, 5.74) is 3.42. The van der Waals surface area contributed by atoms with Crippen molar-refractivity contribution in [1.82, 2.24) is 0 Å². The Labute approximate surface area is 114 Å². The van der Waals surface area contributed by atoms with Crippen LogP contribution in [0.2, 0.25) is 0 Å². The van der Waals surface area contributed by atoms with Crippen LogP contribution < -0.4 is 0 Å². The van der Waals surface area contributed by atoms with Gasteiger partial charge in [-0.05, 0) is 24.5 Å². The number of ether oxygens (including phenoxy) is 1. The molecule has 0 saturated carbocycles. The molecule has 19 heavy (non-hydrogen) atoms. The Balaban J connectivity index is 1.74. The van der Waals surface area contributed by atoms with Crippen molar-refractivity contribution in [1.29, 1.82) is 0 Å². The first-order chi connectivity index (χ1) is 9.24. The van der Waals surface area contributed by atoms with Crippen LogP contribution in [0.1, 0.15) is 23.1 Å². The monoisotopic (exact) mass is 254 g/mol. The number of hydrogen-bond acceptors (Lipinski definition) is 2. The van der Waals surface area contributed by atoms with Gasteiger partial charge in [-0.1, -0.05) is 60.2 Å². The summed E-state index contributed by atoms with van der Waals surface area (Å²) in [6.07, 6.45) is 1.16. The van der Waals surface area contributed by atoms with Gasteiger partial charge in [-0.15, -0.1) is 0 Å². The summed E-state index contributed by atoms with van der Waals surface area (Å²) in [5.74, 6) is -0.149. The number of aryl methyl sites for hydroxylation is 2. The summed E-state index contributed by atoms with van der Waals surface area (Å²) in [6.45, 7) is 2.41. The minimum absolute atomic E-state index is 0.149. The van der Waals surface area contributed by atoms with E-state index >= 15 is 0 Å². The maximum atomic E-state index is 11.6. The molecule has 0 aliphatic rings. The van der Waals surface area contributed by atoms with Crippen LogP contribution in [0.4, 0.5) is 0 Å². The van der Waals surface area contributed by atoms with Gasteiger partial charge in [0.25, 0.3) is 0 Å². The molecule has 0 bridgehead atoms. The number of esters is 1. The van der Waals surface area contributed by atoms with E-state index in [0.29, 0.717) is 13.0 Å². The van der Waals surface area contributed by atoms with Crippen molar-refractivity contribution in [2.75, 3.05) is 0 Å². The van der Waals surface area contributed by atoms with Crippen LogP contribution in [-0.4, -0.2) is 5.97 Å². The lowest BCUT2D eigenvalue weighted by atomic mass is 10.1. The molecule has 0 aliphatic carbocycles. The van der Waals surface area contributed by atoms with E-state index in [1.807, 2.05) is 30.3 Å². The molecule has 0 radical (unpaired) electrons. The van der Waals surface area contributed by atoms with Crippen molar-refractivity contribution >= 4 is 5.97 Å². The van der Waals surface area contributed by atoms with E-state index in [1.54, 1.807) is 0 Å². The molecule has 0 spiro atoms. The van der Waals surface area contributed by atoms with Crippen molar-refractivity contribution in [3.05, 3.63) is 71.3 Å². The highest BCUT2D eigenvalue weighted by Gasteiger charge is 2.04. The molecule has 0 heterocycles. The summed E-state index contributed by atoms with van der Waals surface area (Å²) >= 11 is 0. The molecule has 2 aromatic carbocycles. The van der Waals surface area contributed by atoms with E-state index in [2.05, 4.69) is 31.2 Å². The fourth-order valence-corrected chi connectivity index (χ4v) is 1.81. The van der Waals surface area contributed by atoms with Crippen LogP contribution in [0, 0.1) is 6.92 Å². The van der Waals surface area contributed by atoms with Gasteiger partial charge in [0.2, 0.25) is 0 Å². The van der Waals surface area contributed by atoms with Crippen molar-refractivity contribution in [2.45, 2.75) is 26.4 Å². The molecule has 2 rings (SSSR count). The van der Waals surface area contributed by atoms with E-state index in [4.69, 9.17) is 4.74 Å². The van der Waals surface area contributed by atoms with Crippen LogP contribution >= 0.6 is 0 Å². The smallest absolute Gasteiger partial charge is 0.306 e. The standard InChI is InChI=1S/C17H18O2/c1-14-7-9-15(10-8-14)11-12-17(18)19-13-16-5-3-2-4-6-16/h2-10H,11-13H2,1H3. The maximum absolute atomic E-state index is 11.6. The molecule has 0 atom stereocenters. The van der Waals surface area contributed by atoms with Crippen LogP contribution in [0.3, 0.4) is 0 Å². The molecule has 0 N–H and O–H groups in total. The number of carbonyl (C=O) groups is 1. The number of hydrogen-bond donors (Lipinski definition) is 0. The molecule has 0 aromatic heterocycles. The topological polar surface area (TPSA) is 26.3 Å². The fraction of sp³-hybridized carbons (Fsp3) is 0.235. The summed E-state index contributed by atoms with van der Waals surface area (Å²) < 4.78 is 5.23. The molecule has 2 nitrogen and oxygen atoms in total. The average Bonchev–Trinajstić information content (AvgIpc) is 2.45. The van der Waals surface area contributed by atoms with Gasteiger partial charge in [0.1, 0.15) is 6.61 Å². The van der Waals surface area contributed by atoms with Crippen molar-refractivity contribution < 1.29 is 9.53 Å². The Morgan fingerprint density at radius 2 is 1.63 bits per heavy atom. The van der Waals surface area contributed by atoms with Gasteiger partial charge in [0, 0.05) is 6.42 Å². The predicted molar refractivity (Wildman–Crippen MR) is 75.7 cm³/mol. The van der Waals surface area contributed by atoms with Gasteiger partial charge >= 0.3 is 5.97 Å². The van der Waals surface area contributed by atoms with Crippen LogP contribution in [0.5, 0.6) is 0 Å². The maximum Gasteiger partial charge on any atom is 0.306 e. The lowest BCUT2D eigenvalue weighted by Gasteiger charge is -2.05. The lowest BCUT2D eigenvalue weighted by molar-refractivity contribution is -0.144. The third-order valence-electron chi connectivity index (χ3n) is 2.98. The van der Waals surface area contributed by atoms with E-state index in [1.165, 1.54) is 11.1 Å². The Hall–Kier alpha value is -2.09. The van der Waals surface area contributed by atoms with E-state index in [-0.39, 0.29) is 5.97 Å². The van der Waals surface area contributed by atoms with E-state index < -0.39 is 0 Å². The van der Waals surface area contributed by atoms with Gasteiger partial charge in [-0.25, -0.2) is 0 Å². The Bertz CT molecular complexity index is 515. The highest BCUT2D eigenvalue weighted by Crippen LogP contribution is 2.07. The van der Waals surface area contributed by atoms with Crippen LogP contribution in [0.15, 0.2) is 54.6 Å². The number of carbonyl (C=O) groups excluding carboxylic acids is 1.